The molecule has 1 aliphatic rings. The van der Waals surface area contributed by atoms with Crippen LogP contribution in [0.15, 0.2) is 52.0 Å². The lowest BCUT2D eigenvalue weighted by molar-refractivity contribution is -0.115. The molecule has 2 aromatic heterocycles. The molecule has 0 spiro atoms. The van der Waals surface area contributed by atoms with E-state index in [9.17, 15) is 9.90 Å². The lowest BCUT2D eigenvalue weighted by Gasteiger charge is -1.95. The molecule has 1 amide bonds. The third-order valence-electron chi connectivity index (χ3n) is 3.59. The number of carbonyl (C=O) groups excluding carboxylic acids is 1. The molecule has 4 rings (SSSR count). The van der Waals surface area contributed by atoms with E-state index in [4.69, 9.17) is 16.6 Å². The number of fused-ring (bicyclic) bond motifs is 1. The van der Waals surface area contributed by atoms with Crippen molar-refractivity contribution in [1.29, 1.82) is 0 Å². The van der Waals surface area contributed by atoms with Gasteiger partial charge in [0.15, 0.2) is 5.58 Å². The summed E-state index contributed by atoms with van der Waals surface area (Å²) in [7, 11) is 0. The molecular formula is C19H10N2O3S2. The van der Waals surface area contributed by atoms with Crippen LogP contribution in [0.3, 0.4) is 0 Å². The van der Waals surface area contributed by atoms with E-state index >= 15 is 0 Å². The number of para-hydroxylation sites is 1. The Balaban J connectivity index is 1.73. The summed E-state index contributed by atoms with van der Waals surface area (Å²) in [5, 5.41) is 13.1. The minimum absolute atomic E-state index is 0.116. The molecule has 126 valence electrons. The molecule has 3 heterocycles. The van der Waals surface area contributed by atoms with Crippen molar-refractivity contribution in [2.24, 2.45) is 0 Å². The van der Waals surface area contributed by atoms with E-state index in [0.29, 0.717) is 31.7 Å². The number of phenolic OH excluding ortho intramolecular Hbond substituents is 1. The summed E-state index contributed by atoms with van der Waals surface area (Å²) in [5.74, 6) is 6.28. The van der Waals surface area contributed by atoms with Gasteiger partial charge in [-0.15, -0.1) is 0 Å². The molecule has 0 unspecified atom stereocenters. The molecule has 1 fully saturated rings. The number of aromatic nitrogens is 1. The number of rotatable bonds is 1. The SMILES string of the molecule is O=C1NC(=S)S/C1=C/c1cc2cncc(C#Cc3ccccc3O)c2o1. The number of furan rings is 1. The quantitative estimate of drug-likeness (QED) is 0.384. The number of hydrogen-bond donors (Lipinski definition) is 2. The minimum atomic E-state index is -0.238. The van der Waals surface area contributed by atoms with Crippen LogP contribution < -0.4 is 5.32 Å². The van der Waals surface area contributed by atoms with E-state index in [1.54, 1.807) is 48.8 Å². The van der Waals surface area contributed by atoms with Crippen molar-refractivity contribution in [1.82, 2.24) is 10.3 Å². The molecule has 7 heteroatoms. The van der Waals surface area contributed by atoms with Gasteiger partial charge in [-0.1, -0.05) is 48.0 Å². The van der Waals surface area contributed by atoms with Gasteiger partial charge in [0.1, 0.15) is 15.8 Å². The van der Waals surface area contributed by atoms with Crippen molar-refractivity contribution in [3.05, 3.63) is 64.5 Å². The second kappa shape index (κ2) is 6.67. The minimum Gasteiger partial charge on any atom is -0.507 e. The first-order valence-corrected chi connectivity index (χ1v) is 8.75. The van der Waals surface area contributed by atoms with E-state index in [1.807, 2.05) is 0 Å². The highest BCUT2D eigenvalue weighted by molar-refractivity contribution is 8.26. The summed E-state index contributed by atoms with van der Waals surface area (Å²) in [6.07, 6.45) is 4.90. The van der Waals surface area contributed by atoms with Gasteiger partial charge in [0.05, 0.1) is 16.0 Å². The number of nitrogens with zero attached hydrogens (tertiary/aromatic N) is 1. The van der Waals surface area contributed by atoms with Gasteiger partial charge in [0.2, 0.25) is 0 Å². The van der Waals surface area contributed by atoms with Crippen molar-refractivity contribution in [2.75, 3.05) is 0 Å². The molecule has 0 saturated carbocycles. The van der Waals surface area contributed by atoms with E-state index in [0.717, 1.165) is 5.39 Å². The highest BCUT2D eigenvalue weighted by Gasteiger charge is 2.22. The summed E-state index contributed by atoms with van der Waals surface area (Å²) in [6.45, 7) is 0. The average molecular weight is 378 g/mol. The molecule has 5 nitrogen and oxygen atoms in total. The largest absolute Gasteiger partial charge is 0.507 e. The molecule has 3 aromatic rings. The van der Waals surface area contributed by atoms with E-state index < -0.39 is 0 Å². The van der Waals surface area contributed by atoms with Crippen LogP contribution in [-0.4, -0.2) is 20.3 Å². The van der Waals surface area contributed by atoms with E-state index in [1.165, 1.54) is 11.8 Å². The maximum Gasteiger partial charge on any atom is 0.263 e. The summed E-state index contributed by atoms with van der Waals surface area (Å²) in [4.78, 5) is 16.4. The highest BCUT2D eigenvalue weighted by atomic mass is 32.2. The summed E-state index contributed by atoms with van der Waals surface area (Å²) >= 11 is 6.17. The van der Waals surface area contributed by atoms with Crippen LogP contribution in [0.25, 0.3) is 17.0 Å². The van der Waals surface area contributed by atoms with Crippen LogP contribution in [0.5, 0.6) is 5.75 Å². The van der Waals surface area contributed by atoms with Crippen molar-refractivity contribution in [3.8, 4) is 17.6 Å². The molecule has 0 radical (unpaired) electrons. The normalized spacial score (nSPS) is 15.2. The monoisotopic (exact) mass is 378 g/mol. The van der Waals surface area contributed by atoms with Crippen molar-refractivity contribution in [2.45, 2.75) is 0 Å². The lowest BCUT2D eigenvalue weighted by atomic mass is 10.1. The lowest BCUT2D eigenvalue weighted by Crippen LogP contribution is -2.17. The Morgan fingerprint density at radius 2 is 2.04 bits per heavy atom. The molecule has 1 aliphatic heterocycles. The Labute approximate surface area is 158 Å². The number of amides is 1. The molecule has 1 saturated heterocycles. The third-order valence-corrected chi connectivity index (χ3v) is 4.76. The maximum absolute atomic E-state index is 11.8. The van der Waals surface area contributed by atoms with Crippen LogP contribution in [0.2, 0.25) is 0 Å². The van der Waals surface area contributed by atoms with Crippen LogP contribution in [0.1, 0.15) is 16.9 Å². The Morgan fingerprint density at radius 3 is 2.81 bits per heavy atom. The van der Waals surface area contributed by atoms with E-state index in [-0.39, 0.29) is 11.7 Å². The standard InChI is InChI=1S/C19H10N2O3S2/c22-15-4-2-1-3-11(15)5-6-12-9-20-10-13-7-14(24-17(12)13)8-16-18(23)21-19(25)26-16/h1-4,7-10,22H,(H,21,23,25)/b16-8+. The second-order valence-corrected chi connectivity index (χ2v) is 7.09. The Hall–Kier alpha value is -3.08. The molecule has 0 atom stereocenters. The topological polar surface area (TPSA) is 75.4 Å². The Kier molecular flexibility index (Phi) is 4.21. The number of pyridine rings is 1. The maximum atomic E-state index is 11.8. The molecule has 2 N–H and O–H groups in total. The van der Waals surface area contributed by atoms with Gasteiger partial charge in [-0.2, -0.15) is 0 Å². The van der Waals surface area contributed by atoms with Crippen LogP contribution in [0.4, 0.5) is 0 Å². The van der Waals surface area contributed by atoms with Gasteiger partial charge in [-0.25, -0.2) is 0 Å². The van der Waals surface area contributed by atoms with E-state index in [2.05, 4.69) is 22.1 Å². The highest BCUT2D eigenvalue weighted by Crippen LogP contribution is 2.29. The number of nitrogens with one attached hydrogen (secondary N) is 1. The number of thiocarbonyl (C=S) groups is 1. The van der Waals surface area contributed by atoms with Crippen molar-refractivity contribution >= 4 is 51.3 Å². The fraction of sp³-hybridized carbons (Fsp3) is 0. The van der Waals surface area contributed by atoms with Gasteiger partial charge in [0, 0.05) is 23.9 Å². The molecule has 1 aromatic carbocycles. The fourth-order valence-electron chi connectivity index (χ4n) is 2.41. The average Bonchev–Trinajstić information content (AvgIpc) is 3.17. The first-order valence-electron chi connectivity index (χ1n) is 7.52. The Morgan fingerprint density at radius 1 is 1.23 bits per heavy atom. The third kappa shape index (κ3) is 3.20. The predicted octanol–water partition coefficient (Wildman–Crippen LogP) is 3.42. The number of aromatic hydroxyl groups is 1. The zero-order valence-electron chi connectivity index (χ0n) is 13.1. The molecular weight excluding hydrogens is 368 g/mol. The number of phenols is 1. The van der Waals surface area contributed by atoms with Gasteiger partial charge < -0.3 is 14.8 Å². The number of carbonyl (C=O) groups is 1. The van der Waals surface area contributed by atoms with Gasteiger partial charge in [0.25, 0.3) is 5.91 Å². The summed E-state index contributed by atoms with van der Waals surface area (Å²) in [5.41, 5.74) is 1.68. The number of thioether (sulfide) groups is 1. The van der Waals surface area contributed by atoms with Gasteiger partial charge in [-0.3, -0.25) is 9.78 Å². The van der Waals surface area contributed by atoms with Crippen LogP contribution in [-0.2, 0) is 4.79 Å². The van der Waals surface area contributed by atoms with Gasteiger partial charge >= 0.3 is 0 Å². The second-order valence-electron chi connectivity index (χ2n) is 5.37. The zero-order valence-corrected chi connectivity index (χ0v) is 14.8. The Bertz CT molecular complexity index is 1150. The molecule has 26 heavy (non-hydrogen) atoms. The fourth-order valence-corrected chi connectivity index (χ4v) is 3.43. The first kappa shape index (κ1) is 16.4. The summed E-state index contributed by atoms with van der Waals surface area (Å²) in [6, 6.07) is 8.63. The van der Waals surface area contributed by atoms with Crippen molar-refractivity contribution in [3.63, 3.8) is 0 Å². The smallest absolute Gasteiger partial charge is 0.263 e. The zero-order chi connectivity index (χ0) is 18.1. The predicted molar refractivity (Wildman–Crippen MR) is 104 cm³/mol. The summed E-state index contributed by atoms with van der Waals surface area (Å²) < 4.78 is 6.27. The first-order chi connectivity index (χ1) is 12.6. The van der Waals surface area contributed by atoms with Crippen LogP contribution in [0, 0.1) is 11.8 Å². The number of hydrogen-bond acceptors (Lipinski definition) is 6. The number of benzene rings is 1. The van der Waals surface area contributed by atoms with Gasteiger partial charge in [-0.05, 0) is 18.2 Å². The molecule has 0 aliphatic carbocycles. The molecule has 0 bridgehead atoms. The van der Waals surface area contributed by atoms with Crippen LogP contribution >= 0.6 is 24.0 Å². The van der Waals surface area contributed by atoms with Crippen molar-refractivity contribution < 1.29 is 14.3 Å².